The summed E-state index contributed by atoms with van der Waals surface area (Å²) in [7, 11) is 0. The third-order valence-electron chi connectivity index (χ3n) is 3.48. The van der Waals surface area contributed by atoms with Crippen LogP contribution < -0.4 is 5.73 Å². The van der Waals surface area contributed by atoms with Crippen LogP contribution in [0.1, 0.15) is 32.1 Å². The van der Waals surface area contributed by atoms with E-state index in [1.54, 1.807) is 6.26 Å². The van der Waals surface area contributed by atoms with E-state index in [-0.39, 0.29) is 6.04 Å². The fourth-order valence-electron chi connectivity index (χ4n) is 2.31. The highest BCUT2D eigenvalue weighted by atomic mass is 79.9. The lowest BCUT2D eigenvalue weighted by Crippen LogP contribution is -2.35. The van der Waals surface area contributed by atoms with E-state index in [1.165, 1.54) is 6.42 Å². The second-order valence-corrected chi connectivity index (χ2v) is 7.93. The van der Waals surface area contributed by atoms with Gasteiger partial charge < -0.3 is 10.2 Å². The zero-order chi connectivity index (χ0) is 13.2. The van der Waals surface area contributed by atoms with Crippen molar-refractivity contribution in [3.8, 4) is 0 Å². The molecule has 1 aromatic rings. The van der Waals surface area contributed by atoms with E-state index in [4.69, 9.17) is 10.2 Å². The van der Waals surface area contributed by atoms with E-state index in [0.29, 0.717) is 11.3 Å². The average molecular weight is 333 g/mol. The Hall–Kier alpha value is 0.0300. The Morgan fingerprint density at radius 3 is 2.94 bits per heavy atom. The minimum absolute atomic E-state index is 0.184. The van der Waals surface area contributed by atoms with Crippen LogP contribution in [0.25, 0.3) is 0 Å². The maximum absolute atomic E-state index is 5.95. The molecule has 2 heterocycles. The van der Waals surface area contributed by atoms with Crippen molar-refractivity contribution >= 4 is 27.7 Å². The first-order valence-electron chi connectivity index (χ1n) is 6.34. The highest BCUT2D eigenvalue weighted by Gasteiger charge is 2.29. The molecule has 1 unspecified atom stereocenters. The van der Waals surface area contributed by atoms with Gasteiger partial charge in [-0.15, -0.1) is 0 Å². The molecule has 1 aliphatic heterocycles. The zero-order valence-electron chi connectivity index (χ0n) is 11.0. The van der Waals surface area contributed by atoms with Crippen molar-refractivity contribution in [1.29, 1.82) is 0 Å². The third kappa shape index (κ3) is 3.32. The molecule has 0 aromatic carbocycles. The molecule has 1 atom stereocenters. The number of rotatable bonds is 3. The van der Waals surface area contributed by atoms with Crippen LogP contribution in [0.5, 0.6) is 0 Å². The Kier molecular flexibility index (Phi) is 4.80. The van der Waals surface area contributed by atoms with Crippen LogP contribution in [0, 0.1) is 0 Å². The van der Waals surface area contributed by atoms with Crippen molar-refractivity contribution in [1.82, 2.24) is 4.90 Å². The molecule has 1 saturated heterocycles. The van der Waals surface area contributed by atoms with Crippen LogP contribution >= 0.6 is 27.7 Å². The summed E-state index contributed by atoms with van der Waals surface area (Å²) in [5.74, 6) is 2.11. The lowest BCUT2D eigenvalue weighted by molar-refractivity contribution is 0.186. The number of thioether (sulfide) groups is 1. The molecule has 0 spiro atoms. The normalized spacial score (nSPS) is 22.7. The Labute approximate surface area is 122 Å². The topological polar surface area (TPSA) is 42.4 Å². The summed E-state index contributed by atoms with van der Waals surface area (Å²) < 4.78 is 6.98. The standard InChI is InChI=1S/C13H21BrN2OS/c1-13(2)4-5-16(6-8-18-13)11(9-15)12-10(14)3-7-17-12/h3,7,11H,4-6,8-9,15H2,1-2H3. The minimum Gasteiger partial charge on any atom is -0.466 e. The maximum Gasteiger partial charge on any atom is 0.136 e. The minimum atomic E-state index is 0.184. The predicted octanol–water partition coefficient (Wildman–Crippen LogP) is 3.26. The van der Waals surface area contributed by atoms with E-state index in [0.717, 1.165) is 29.1 Å². The van der Waals surface area contributed by atoms with E-state index < -0.39 is 0 Å². The summed E-state index contributed by atoms with van der Waals surface area (Å²) in [5, 5.41) is 0. The molecular formula is C13H21BrN2OS. The predicted molar refractivity (Wildman–Crippen MR) is 80.9 cm³/mol. The Morgan fingerprint density at radius 2 is 2.33 bits per heavy atom. The largest absolute Gasteiger partial charge is 0.466 e. The molecule has 102 valence electrons. The monoisotopic (exact) mass is 332 g/mol. The molecule has 5 heteroatoms. The van der Waals surface area contributed by atoms with Gasteiger partial charge in [-0.25, -0.2) is 0 Å². The SMILES string of the molecule is CC1(C)CCN(C(CN)c2occc2Br)CCS1. The summed E-state index contributed by atoms with van der Waals surface area (Å²) >= 11 is 5.58. The number of hydrogen-bond acceptors (Lipinski definition) is 4. The summed E-state index contributed by atoms with van der Waals surface area (Å²) in [4.78, 5) is 2.45. The molecule has 0 aliphatic carbocycles. The molecule has 0 bridgehead atoms. The van der Waals surface area contributed by atoms with Crippen molar-refractivity contribution in [2.75, 3.05) is 25.4 Å². The van der Waals surface area contributed by atoms with Crippen LogP contribution in [0.15, 0.2) is 21.2 Å². The number of hydrogen-bond donors (Lipinski definition) is 1. The first-order valence-corrected chi connectivity index (χ1v) is 8.12. The summed E-state index contributed by atoms with van der Waals surface area (Å²) in [6, 6.07) is 2.12. The molecule has 1 fully saturated rings. The second kappa shape index (κ2) is 5.99. The van der Waals surface area contributed by atoms with Crippen LogP contribution in [0.3, 0.4) is 0 Å². The summed E-state index contributed by atoms with van der Waals surface area (Å²) in [5.41, 5.74) is 5.95. The summed E-state index contributed by atoms with van der Waals surface area (Å²) in [6.45, 7) is 7.39. The number of halogens is 1. The van der Waals surface area contributed by atoms with Gasteiger partial charge in [-0.2, -0.15) is 11.8 Å². The lowest BCUT2D eigenvalue weighted by atomic mass is 10.1. The molecule has 0 radical (unpaired) electrons. The fourth-order valence-corrected chi connectivity index (χ4v) is 3.89. The van der Waals surface area contributed by atoms with E-state index >= 15 is 0 Å². The molecular weight excluding hydrogens is 312 g/mol. The average Bonchev–Trinajstić information content (AvgIpc) is 2.64. The zero-order valence-corrected chi connectivity index (χ0v) is 13.4. The summed E-state index contributed by atoms with van der Waals surface area (Å²) in [6.07, 6.45) is 2.91. The highest BCUT2D eigenvalue weighted by Crippen LogP contribution is 2.35. The van der Waals surface area contributed by atoms with Crippen molar-refractivity contribution in [3.63, 3.8) is 0 Å². The van der Waals surface area contributed by atoms with Crippen LogP contribution in [0.4, 0.5) is 0 Å². The first kappa shape index (κ1) is 14.4. The quantitative estimate of drug-likeness (QED) is 0.922. The molecule has 2 N–H and O–H groups in total. The molecule has 1 aromatic heterocycles. The van der Waals surface area contributed by atoms with Crippen LogP contribution in [0.2, 0.25) is 0 Å². The molecule has 0 saturated carbocycles. The van der Waals surface area contributed by atoms with Crippen LogP contribution in [-0.2, 0) is 0 Å². The second-order valence-electron chi connectivity index (χ2n) is 5.28. The lowest BCUT2D eigenvalue weighted by Gasteiger charge is -2.28. The van der Waals surface area contributed by atoms with Gasteiger partial charge in [-0.1, -0.05) is 13.8 Å². The fraction of sp³-hybridized carbons (Fsp3) is 0.692. The number of nitrogens with two attached hydrogens (primary N) is 1. The number of furan rings is 1. The van der Waals surface area contributed by atoms with Gasteiger partial charge in [-0.05, 0) is 28.4 Å². The van der Waals surface area contributed by atoms with Gasteiger partial charge in [0, 0.05) is 30.1 Å². The number of nitrogens with zero attached hydrogens (tertiary/aromatic N) is 1. The van der Waals surface area contributed by atoms with Gasteiger partial charge >= 0.3 is 0 Å². The van der Waals surface area contributed by atoms with Gasteiger partial charge in [0.1, 0.15) is 5.76 Å². The molecule has 3 nitrogen and oxygen atoms in total. The highest BCUT2D eigenvalue weighted by molar-refractivity contribution is 9.10. The van der Waals surface area contributed by atoms with E-state index in [9.17, 15) is 0 Å². The van der Waals surface area contributed by atoms with E-state index in [1.807, 2.05) is 17.8 Å². The van der Waals surface area contributed by atoms with Gasteiger partial charge in [0.05, 0.1) is 16.8 Å². The van der Waals surface area contributed by atoms with Crippen LogP contribution in [-0.4, -0.2) is 35.0 Å². The van der Waals surface area contributed by atoms with Crippen molar-refractivity contribution < 1.29 is 4.42 Å². The van der Waals surface area contributed by atoms with Gasteiger partial charge in [0.25, 0.3) is 0 Å². The molecule has 2 rings (SSSR count). The van der Waals surface area contributed by atoms with Gasteiger partial charge in [0.15, 0.2) is 0 Å². The Balaban J connectivity index is 2.11. The third-order valence-corrected chi connectivity index (χ3v) is 5.51. The molecule has 0 amide bonds. The smallest absolute Gasteiger partial charge is 0.136 e. The van der Waals surface area contributed by atoms with E-state index in [2.05, 4.69) is 34.7 Å². The molecule has 1 aliphatic rings. The Bertz CT molecular complexity index is 394. The Morgan fingerprint density at radius 1 is 1.56 bits per heavy atom. The molecule has 18 heavy (non-hydrogen) atoms. The first-order chi connectivity index (χ1) is 8.53. The van der Waals surface area contributed by atoms with Crippen molar-refractivity contribution in [2.45, 2.75) is 31.1 Å². The maximum atomic E-state index is 5.95. The van der Waals surface area contributed by atoms with Crippen molar-refractivity contribution in [3.05, 3.63) is 22.6 Å². The van der Waals surface area contributed by atoms with Crippen molar-refractivity contribution in [2.24, 2.45) is 5.73 Å². The van der Waals surface area contributed by atoms with Gasteiger partial charge in [0.2, 0.25) is 0 Å². The van der Waals surface area contributed by atoms with Gasteiger partial charge in [-0.3, -0.25) is 4.90 Å².